The van der Waals surface area contributed by atoms with Gasteiger partial charge in [0.1, 0.15) is 0 Å². The second-order valence-electron chi connectivity index (χ2n) is 7.96. The topological polar surface area (TPSA) is 114 Å². The van der Waals surface area contributed by atoms with Gasteiger partial charge in [-0.1, -0.05) is 42.5 Å². The zero-order chi connectivity index (χ0) is 24.2. The number of fused-ring (bicyclic) bond motifs is 1. The molecule has 33 heavy (non-hydrogen) atoms. The smallest absolute Gasteiger partial charge is 0.404 e. The minimum atomic E-state index is -1.05. The Morgan fingerprint density at radius 2 is 1.73 bits per heavy atom. The lowest BCUT2D eigenvalue weighted by Gasteiger charge is -2.36. The molecule has 0 aliphatic heterocycles. The van der Waals surface area contributed by atoms with Crippen LogP contribution >= 0.6 is 0 Å². The minimum Gasteiger partial charge on any atom is -0.465 e. The van der Waals surface area contributed by atoms with Crippen LogP contribution in [-0.4, -0.2) is 60.1 Å². The average Bonchev–Trinajstić information content (AvgIpc) is 2.81. The Kier molecular flexibility index (Phi) is 11.1. The van der Waals surface area contributed by atoms with Crippen LogP contribution in [0, 0.1) is 0 Å². The fraction of sp³-hybridized carbons (Fsp3) is 0.520. The molecule has 0 saturated heterocycles. The van der Waals surface area contributed by atoms with Gasteiger partial charge < -0.3 is 30.5 Å². The standard InChI is InChI=1S/C25H37N3O5/c1-4-32-24(33-5-2)18(3)28(23(29)22(26)15-8-9-16-27-25(30)31)17-20-13-10-12-19-11-6-7-14-21(19)20/h6-7,10-14,18,22,24,27H,4-5,8-9,15-17,26H2,1-3H3,(H,30,31)/t18-,22-/m0/s1. The number of nitrogens with two attached hydrogens (primary N) is 1. The van der Waals surface area contributed by atoms with Crippen LogP contribution in [0.4, 0.5) is 4.79 Å². The summed E-state index contributed by atoms with van der Waals surface area (Å²) in [5, 5.41) is 13.2. The first-order valence-electron chi connectivity index (χ1n) is 11.6. The fourth-order valence-corrected chi connectivity index (χ4v) is 3.86. The fourth-order valence-electron chi connectivity index (χ4n) is 3.86. The molecule has 0 aliphatic carbocycles. The first kappa shape index (κ1) is 26.6. The summed E-state index contributed by atoms with van der Waals surface area (Å²) < 4.78 is 11.6. The summed E-state index contributed by atoms with van der Waals surface area (Å²) in [6, 6.07) is 13.1. The van der Waals surface area contributed by atoms with Crippen molar-refractivity contribution in [3.05, 3.63) is 48.0 Å². The van der Waals surface area contributed by atoms with Gasteiger partial charge in [-0.15, -0.1) is 0 Å². The maximum absolute atomic E-state index is 13.5. The summed E-state index contributed by atoms with van der Waals surface area (Å²) in [4.78, 5) is 25.8. The maximum atomic E-state index is 13.5. The zero-order valence-corrected chi connectivity index (χ0v) is 19.8. The number of nitrogens with zero attached hydrogens (tertiary/aromatic N) is 1. The van der Waals surface area contributed by atoms with E-state index in [2.05, 4.69) is 23.5 Å². The van der Waals surface area contributed by atoms with E-state index in [1.807, 2.05) is 45.0 Å². The van der Waals surface area contributed by atoms with Gasteiger partial charge in [0.15, 0.2) is 6.29 Å². The molecule has 0 fully saturated rings. The molecular weight excluding hydrogens is 422 g/mol. The molecule has 0 bridgehead atoms. The highest BCUT2D eigenvalue weighted by Gasteiger charge is 2.31. The molecule has 2 aromatic rings. The number of ether oxygens (including phenoxy) is 2. The van der Waals surface area contributed by atoms with E-state index < -0.39 is 18.4 Å². The highest BCUT2D eigenvalue weighted by Crippen LogP contribution is 2.23. The molecule has 8 heteroatoms. The van der Waals surface area contributed by atoms with Crippen molar-refractivity contribution in [3.63, 3.8) is 0 Å². The number of carbonyl (C=O) groups is 2. The van der Waals surface area contributed by atoms with Crippen molar-refractivity contribution in [2.75, 3.05) is 19.8 Å². The van der Waals surface area contributed by atoms with Gasteiger partial charge in [0.2, 0.25) is 5.91 Å². The van der Waals surface area contributed by atoms with E-state index in [0.717, 1.165) is 16.3 Å². The number of nitrogens with one attached hydrogen (secondary N) is 1. The lowest BCUT2D eigenvalue weighted by atomic mass is 10.0. The molecule has 2 rings (SSSR count). The number of rotatable bonds is 14. The number of carboxylic acid groups (broad SMARTS) is 1. The second-order valence-corrected chi connectivity index (χ2v) is 7.96. The van der Waals surface area contributed by atoms with Gasteiger partial charge in [0.25, 0.3) is 0 Å². The Hall–Kier alpha value is -2.68. The summed E-state index contributed by atoms with van der Waals surface area (Å²) in [5.74, 6) is -0.175. The Morgan fingerprint density at radius 3 is 2.39 bits per heavy atom. The van der Waals surface area contributed by atoms with E-state index in [9.17, 15) is 9.59 Å². The van der Waals surface area contributed by atoms with Crippen molar-refractivity contribution in [3.8, 4) is 0 Å². The molecule has 0 saturated carbocycles. The van der Waals surface area contributed by atoms with Gasteiger partial charge in [-0.3, -0.25) is 4.79 Å². The first-order valence-corrected chi connectivity index (χ1v) is 11.6. The third-order valence-electron chi connectivity index (χ3n) is 5.59. The Bertz CT molecular complexity index is 880. The Balaban J connectivity index is 2.22. The second kappa shape index (κ2) is 13.8. The Morgan fingerprint density at radius 1 is 1.06 bits per heavy atom. The molecule has 0 radical (unpaired) electrons. The van der Waals surface area contributed by atoms with Gasteiger partial charge in [-0.25, -0.2) is 4.79 Å². The molecular formula is C25H37N3O5. The van der Waals surface area contributed by atoms with Gasteiger partial charge in [-0.2, -0.15) is 0 Å². The van der Waals surface area contributed by atoms with Crippen molar-refractivity contribution >= 4 is 22.8 Å². The van der Waals surface area contributed by atoms with E-state index in [-0.39, 0.29) is 11.9 Å². The van der Waals surface area contributed by atoms with Crippen molar-refractivity contribution in [1.29, 1.82) is 0 Å². The van der Waals surface area contributed by atoms with Crippen LogP contribution in [0.5, 0.6) is 0 Å². The highest BCUT2D eigenvalue weighted by molar-refractivity contribution is 5.87. The van der Waals surface area contributed by atoms with Gasteiger partial charge in [0, 0.05) is 26.3 Å². The van der Waals surface area contributed by atoms with Crippen LogP contribution in [0.2, 0.25) is 0 Å². The summed E-state index contributed by atoms with van der Waals surface area (Å²) >= 11 is 0. The van der Waals surface area contributed by atoms with Crippen LogP contribution in [0.25, 0.3) is 10.8 Å². The monoisotopic (exact) mass is 459 g/mol. The lowest BCUT2D eigenvalue weighted by Crippen LogP contribution is -2.52. The van der Waals surface area contributed by atoms with Gasteiger partial charge in [0.05, 0.1) is 12.1 Å². The minimum absolute atomic E-state index is 0.175. The average molecular weight is 460 g/mol. The number of amides is 2. The van der Waals surface area contributed by atoms with Crippen molar-refractivity contribution in [2.45, 2.75) is 65.0 Å². The van der Waals surface area contributed by atoms with Gasteiger partial charge >= 0.3 is 6.09 Å². The van der Waals surface area contributed by atoms with E-state index in [1.165, 1.54) is 0 Å². The van der Waals surface area contributed by atoms with E-state index in [4.69, 9.17) is 20.3 Å². The molecule has 0 aromatic heterocycles. The van der Waals surface area contributed by atoms with E-state index in [1.54, 1.807) is 4.90 Å². The molecule has 2 atom stereocenters. The number of benzene rings is 2. The number of hydrogen-bond donors (Lipinski definition) is 3. The van der Waals surface area contributed by atoms with Gasteiger partial charge in [-0.05, 0) is 56.4 Å². The van der Waals surface area contributed by atoms with Crippen LogP contribution in [0.3, 0.4) is 0 Å². The largest absolute Gasteiger partial charge is 0.465 e. The molecule has 0 heterocycles. The zero-order valence-electron chi connectivity index (χ0n) is 19.8. The molecule has 8 nitrogen and oxygen atoms in total. The van der Waals surface area contributed by atoms with Crippen LogP contribution in [-0.2, 0) is 20.8 Å². The highest BCUT2D eigenvalue weighted by atomic mass is 16.7. The summed E-state index contributed by atoms with van der Waals surface area (Å²) in [6.07, 6.45) is 0.109. The van der Waals surface area contributed by atoms with E-state index in [0.29, 0.717) is 45.6 Å². The van der Waals surface area contributed by atoms with E-state index >= 15 is 0 Å². The molecule has 0 unspecified atom stereocenters. The third-order valence-corrected chi connectivity index (χ3v) is 5.59. The summed E-state index contributed by atoms with van der Waals surface area (Å²) in [5.41, 5.74) is 7.33. The molecule has 4 N–H and O–H groups in total. The summed E-state index contributed by atoms with van der Waals surface area (Å²) in [7, 11) is 0. The molecule has 182 valence electrons. The van der Waals surface area contributed by atoms with Crippen molar-refractivity contribution in [1.82, 2.24) is 10.2 Å². The van der Waals surface area contributed by atoms with Crippen LogP contribution < -0.4 is 11.1 Å². The summed E-state index contributed by atoms with van der Waals surface area (Å²) in [6.45, 7) is 7.36. The molecule has 2 aromatic carbocycles. The first-order chi connectivity index (χ1) is 15.9. The Labute approximate surface area is 196 Å². The predicted octanol–water partition coefficient (Wildman–Crippen LogP) is 3.72. The number of unbranched alkanes of at least 4 members (excludes halogenated alkanes) is 1. The van der Waals surface area contributed by atoms with Crippen molar-refractivity contribution < 1.29 is 24.2 Å². The van der Waals surface area contributed by atoms with Crippen molar-refractivity contribution in [2.24, 2.45) is 5.73 Å². The quantitative estimate of drug-likeness (QED) is 0.293. The SMILES string of the molecule is CCOC(OCC)[C@H](C)N(Cc1cccc2ccccc12)C(=O)[C@@H](N)CCCCNC(=O)O. The third kappa shape index (κ3) is 7.99. The molecule has 0 spiro atoms. The maximum Gasteiger partial charge on any atom is 0.404 e. The van der Waals surface area contributed by atoms with Crippen LogP contribution in [0.15, 0.2) is 42.5 Å². The number of hydrogen-bond acceptors (Lipinski definition) is 5. The molecule has 0 aliphatic rings. The lowest BCUT2D eigenvalue weighted by molar-refractivity contribution is -0.179. The molecule has 2 amide bonds. The predicted molar refractivity (Wildman–Crippen MR) is 129 cm³/mol. The number of carbonyl (C=O) groups excluding carboxylic acids is 1. The van der Waals surface area contributed by atoms with Crippen LogP contribution in [0.1, 0.15) is 45.6 Å². The normalized spacial score (nSPS) is 13.1.